The van der Waals surface area contributed by atoms with Gasteiger partial charge in [-0.05, 0) is 51.1 Å². The average Bonchev–Trinajstić information content (AvgIpc) is 2.52. The molecule has 120 valence electrons. The van der Waals surface area contributed by atoms with E-state index in [-0.39, 0.29) is 5.92 Å². The van der Waals surface area contributed by atoms with Gasteiger partial charge in [0, 0.05) is 23.6 Å². The number of ketones is 1. The van der Waals surface area contributed by atoms with Crippen molar-refractivity contribution in [3.63, 3.8) is 0 Å². The minimum absolute atomic E-state index is 0.244. The van der Waals surface area contributed by atoms with Gasteiger partial charge in [0.1, 0.15) is 0 Å². The summed E-state index contributed by atoms with van der Waals surface area (Å²) in [6.45, 7) is 2.22. The molecule has 0 radical (unpaired) electrons. The van der Waals surface area contributed by atoms with Crippen molar-refractivity contribution in [2.45, 2.75) is 70.4 Å². The molecule has 2 fully saturated rings. The van der Waals surface area contributed by atoms with Crippen molar-refractivity contribution in [1.29, 1.82) is 0 Å². The molecular formula is C20H29NO. The average molecular weight is 299 g/mol. The number of rotatable bonds is 5. The lowest BCUT2D eigenvalue weighted by Gasteiger charge is -2.46. The van der Waals surface area contributed by atoms with Crippen LogP contribution in [0, 0.1) is 5.92 Å². The van der Waals surface area contributed by atoms with Crippen LogP contribution in [-0.4, -0.2) is 29.8 Å². The first-order chi connectivity index (χ1) is 10.7. The van der Waals surface area contributed by atoms with E-state index in [0.717, 1.165) is 24.8 Å². The fourth-order valence-corrected chi connectivity index (χ4v) is 4.28. The summed E-state index contributed by atoms with van der Waals surface area (Å²) in [6.07, 6.45) is 9.58. The summed E-state index contributed by atoms with van der Waals surface area (Å²) in [4.78, 5) is 15.4. The monoisotopic (exact) mass is 299 g/mol. The number of Topliss-reactive ketones (excluding diaryl/α,β-unsaturated/α-hetero) is 1. The van der Waals surface area contributed by atoms with Crippen LogP contribution in [0.1, 0.15) is 67.8 Å². The first kappa shape index (κ1) is 15.7. The fourth-order valence-electron chi connectivity index (χ4n) is 4.28. The standard InChI is InChI=1S/C20H29NO/c1-3-4-6-15-9-11-16(12-10-15)20(22)17-13-18-7-5-8-19(14-17)21(18)2/h9-12,17-19H,3-8,13-14H2,1-2H3. The van der Waals surface area contributed by atoms with Gasteiger partial charge in [-0.15, -0.1) is 0 Å². The van der Waals surface area contributed by atoms with Crippen molar-refractivity contribution in [3.05, 3.63) is 35.4 Å². The lowest BCUT2D eigenvalue weighted by molar-refractivity contribution is 0.0338. The number of nitrogens with zero attached hydrogens (tertiary/aromatic N) is 1. The third-order valence-electron chi connectivity index (χ3n) is 5.77. The second-order valence-corrected chi connectivity index (χ2v) is 7.24. The topological polar surface area (TPSA) is 20.3 Å². The Morgan fingerprint density at radius 1 is 1.14 bits per heavy atom. The summed E-state index contributed by atoms with van der Waals surface area (Å²) in [5, 5.41) is 0. The van der Waals surface area contributed by atoms with Crippen molar-refractivity contribution >= 4 is 5.78 Å². The Morgan fingerprint density at radius 2 is 1.77 bits per heavy atom. The largest absolute Gasteiger partial charge is 0.300 e. The maximum atomic E-state index is 12.8. The number of unbranched alkanes of at least 4 members (excludes halogenated alkanes) is 1. The zero-order valence-electron chi connectivity index (χ0n) is 14.1. The van der Waals surface area contributed by atoms with Crippen molar-refractivity contribution in [2.75, 3.05) is 7.05 Å². The molecule has 0 amide bonds. The Morgan fingerprint density at radius 3 is 2.36 bits per heavy atom. The second-order valence-electron chi connectivity index (χ2n) is 7.24. The molecule has 2 atom stereocenters. The van der Waals surface area contributed by atoms with Gasteiger partial charge in [-0.1, -0.05) is 44.0 Å². The molecule has 0 N–H and O–H groups in total. The van der Waals surface area contributed by atoms with Gasteiger partial charge in [-0.3, -0.25) is 4.79 Å². The molecule has 2 heterocycles. The van der Waals surface area contributed by atoms with Crippen LogP contribution < -0.4 is 0 Å². The van der Waals surface area contributed by atoms with Crippen molar-refractivity contribution in [1.82, 2.24) is 4.90 Å². The highest BCUT2D eigenvalue weighted by Gasteiger charge is 2.38. The van der Waals surface area contributed by atoms with Gasteiger partial charge in [-0.2, -0.15) is 0 Å². The molecule has 22 heavy (non-hydrogen) atoms. The Balaban J connectivity index is 1.66. The Kier molecular flexibility index (Phi) is 4.97. The van der Waals surface area contributed by atoms with Crippen LogP contribution in [0.15, 0.2) is 24.3 Å². The van der Waals surface area contributed by atoms with Crippen LogP contribution >= 0.6 is 0 Å². The first-order valence-corrected chi connectivity index (χ1v) is 9.04. The molecule has 0 spiro atoms. The van der Waals surface area contributed by atoms with Gasteiger partial charge in [0.25, 0.3) is 0 Å². The number of carbonyl (C=O) groups excluding carboxylic acids is 1. The molecular weight excluding hydrogens is 270 g/mol. The molecule has 1 aromatic carbocycles. The van der Waals surface area contributed by atoms with Crippen LogP contribution in [0.3, 0.4) is 0 Å². The van der Waals surface area contributed by atoms with Gasteiger partial charge in [0.05, 0.1) is 0 Å². The minimum atomic E-state index is 0.244. The summed E-state index contributed by atoms with van der Waals surface area (Å²) in [5.41, 5.74) is 2.28. The number of hydrogen-bond acceptors (Lipinski definition) is 2. The van der Waals surface area contributed by atoms with Crippen LogP contribution in [0.25, 0.3) is 0 Å². The predicted molar refractivity (Wildman–Crippen MR) is 91.3 cm³/mol. The SMILES string of the molecule is CCCCc1ccc(C(=O)C2CC3CCCC(C2)N3C)cc1. The molecule has 2 nitrogen and oxygen atoms in total. The molecule has 0 aliphatic carbocycles. The molecule has 2 aliphatic heterocycles. The van der Waals surface area contributed by atoms with E-state index in [4.69, 9.17) is 0 Å². The van der Waals surface area contributed by atoms with Gasteiger partial charge >= 0.3 is 0 Å². The van der Waals surface area contributed by atoms with Gasteiger partial charge < -0.3 is 4.90 Å². The smallest absolute Gasteiger partial charge is 0.166 e. The third-order valence-corrected chi connectivity index (χ3v) is 5.77. The Bertz CT molecular complexity index is 493. The Labute approximate surface area is 134 Å². The summed E-state index contributed by atoms with van der Waals surface area (Å²) < 4.78 is 0. The lowest BCUT2D eigenvalue weighted by atomic mass is 9.76. The first-order valence-electron chi connectivity index (χ1n) is 9.04. The summed E-state index contributed by atoms with van der Waals surface area (Å²) >= 11 is 0. The predicted octanol–water partition coefficient (Wildman–Crippen LogP) is 4.47. The number of aryl methyl sites for hydroxylation is 1. The summed E-state index contributed by atoms with van der Waals surface area (Å²) in [6, 6.07) is 9.68. The minimum Gasteiger partial charge on any atom is -0.300 e. The number of carbonyl (C=O) groups is 1. The van der Waals surface area contributed by atoms with E-state index in [1.165, 1.54) is 37.7 Å². The zero-order chi connectivity index (χ0) is 15.5. The van der Waals surface area contributed by atoms with Crippen LogP contribution in [0.2, 0.25) is 0 Å². The van der Waals surface area contributed by atoms with E-state index in [9.17, 15) is 4.79 Å². The maximum absolute atomic E-state index is 12.8. The fraction of sp³-hybridized carbons (Fsp3) is 0.650. The number of piperidine rings is 2. The van der Waals surface area contributed by atoms with Gasteiger partial charge in [0.2, 0.25) is 0 Å². The van der Waals surface area contributed by atoms with Crippen LogP contribution in [-0.2, 0) is 6.42 Å². The van der Waals surface area contributed by atoms with E-state index < -0.39 is 0 Å². The van der Waals surface area contributed by atoms with E-state index in [1.807, 2.05) is 0 Å². The highest BCUT2D eigenvalue weighted by atomic mass is 16.1. The molecule has 2 aliphatic rings. The molecule has 0 aromatic heterocycles. The van der Waals surface area contributed by atoms with E-state index in [2.05, 4.69) is 43.1 Å². The maximum Gasteiger partial charge on any atom is 0.166 e. The number of hydrogen-bond donors (Lipinski definition) is 0. The lowest BCUT2D eigenvalue weighted by Crippen LogP contribution is -2.51. The molecule has 2 unspecified atom stereocenters. The highest BCUT2D eigenvalue weighted by Crippen LogP contribution is 2.37. The third kappa shape index (κ3) is 3.27. The quantitative estimate of drug-likeness (QED) is 0.747. The number of benzene rings is 1. The molecule has 2 bridgehead atoms. The molecule has 1 aromatic rings. The van der Waals surface area contributed by atoms with Crippen molar-refractivity contribution in [3.8, 4) is 0 Å². The van der Waals surface area contributed by atoms with E-state index in [0.29, 0.717) is 17.9 Å². The Hall–Kier alpha value is -1.15. The van der Waals surface area contributed by atoms with Crippen molar-refractivity contribution < 1.29 is 4.79 Å². The summed E-state index contributed by atoms with van der Waals surface area (Å²) in [7, 11) is 2.25. The molecule has 2 saturated heterocycles. The van der Waals surface area contributed by atoms with Gasteiger partial charge in [0.15, 0.2) is 5.78 Å². The normalized spacial score (nSPS) is 28.5. The number of fused-ring (bicyclic) bond motifs is 2. The highest BCUT2D eigenvalue weighted by molar-refractivity contribution is 5.98. The van der Waals surface area contributed by atoms with Crippen LogP contribution in [0.5, 0.6) is 0 Å². The van der Waals surface area contributed by atoms with Crippen LogP contribution in [0.4, 0.5) is 0 Å². The van der Waals surface area contributed by atoms with E-state index in [1.54, 1.807) is 0 Å². The van der Waals surface area contributed by atoms with Gasteiger partial charge in [-0.25, -0.2) is 0 Å². The zero-order valence-corrected chi connectivity index (χ0v) is 14.1. The molecule has 0 saturated carbocycles. The van der Waals surface area contributed by atoms with E-state index >= 15 is 0 Å². The summed E-state index contributed by atoms with van der Waals surface area (Å²) in [5.74, 6) is 0.625. The molecule has 2 heteroatoms. The molecule has 3 rings (SSSR count). The second kappa shape index (κ2) is 6.95. The van der Waals surface area contributed by atoms with Crippen molar-refractivity contribution in [2.24, 2.45) is 5.92 Å².